The molecule has 0 radical (unpaired) electrons. The van der Waals surface area contributed by atoms with Crippen LogP contribution in [0, 0.1) is 0 Å². The number of anilines is 2. The van der Waals surface area contributed by atoms with Gasteiger partial charge in [0, 0.05) is 24.5 Å². The second kappa shape index (κ2) is 8.64. The summed E-state index contributed by atoms with van der Waals surface area (Å²) in [7, 11) is -4.08. The van der Waals surface area contributed by atoms with E-state index < -0.39 is 33.1 Å². The average Bonchev–Trinajstić information content (AvgIpc) is 3.20. The van der Waals surface area contributed by atoms with Gasteiger partial charge < -0.3 is 24.1 Å². The summed E-state index contributed by atoms with van der Waals surface area (Å²) in [6.07, 6.45) is -1.13. The predicted molar refractivity (Wildman–Crippen MR) is 103 cm³/mol. The molecule has 1 saturated heterocycles. The van der Waals surface area contributed by atoms with Crippen molar-refractivity contribution in [3.05, 3.63) is 42.2 Å². The maximum Gasteiger partial charge on any atom is 0.375 e. The van der Waals surface area contributed by atoms with Gasteiger partial charge in [-0.3, -0.25) is 4.79 Å². The molecular formula is C18H21N3O7S. The molecule has 2 aromatic rings. The standard InChI is InChI=1S/C18H21N3O7S/c1-12(27-18(23)15-6-7-16(28-15)29(19,24)25)17(22)20-13-2-4-14(5-3-13)21-8-10-26-11-9-21/h2-7,12H,8-11H2,1H3,(H,20,22)(H2,19,24,25). The van der Waals surface area contributed by atoms with Crippen molar-refractivity contribution >= 4 is 33.3 Å². The molecule has 1 fully saturated rings. The molecule has 156 valence electrons. The largest absolute Gasteiger partial charge is 0.447 e. The molecule has 1 unspecified atom stereocenters. The van der Waals surface area contributed by atoms with Gasteiger partial charge in [-0.1, -0.05) is 0 Å². The van der Waals surface area contributed by atoms with Gasteiger partial charge in [0.05, 0.1) is 13.2 Å². The van der Waals surface area contributed by atoms with E-state index in [0.717, 1.165) is 30.9 Å². The van der Waals surface area contributed by atoms with Crippen LogP contribution in [0.1, 0.15) is 17.5 Å². The van der Waals surface area contributed by atoms with Gasteiger partial charge in [-0.15, -0.1) is 0 Å². The molecule has 2 heterocycles. The number of hydrogen-bond acceptors (Lipinski definition) is 8. The van der Waals surface area contributed by atoms with Gasteiger partial charge in [-0.25, -0.2) is 18.4 Å². The molecule has 1 aliphatic heterocycles. The Hall–Kier alpha value is -2.89. The highest BCUT2D eigenvalue weighted by Crippen LogP contribution is 2.19. The Balaban J connectivity index is 1.56. The van der Waals surface area contributed by atoms with E-state index in [4.69, 9.17) is 19.0 Å². The summed E-state index contributed by atoms with van der Waals surface area (Å²) in [6.45, 7) is 4.35. The lowest BCUT2D eigenvalue weighted by molar-refractivity contribution is -0.123. The highest BCUT2D eigenvalue weighted by Gasteiger charge is 2.23. The van der Waals surface area contributed by atoms with Crippen LogP contribution in [0.15, 0.2) is 45.9 Å². The highest BCUT2D eigenvalue weighted by atomic mass is 32.2. The quantitative estimate of drug-likeness (QED) is 0.654. The van der Waals surface area contributed by atoms with Gasteiger partial charge in [0.15, 0.2) is 6.10 Å². The van der Waals surface area contributed by atoms with Crippen LogP contribution in [0.2, 0.25) is 0 Å². The van der Waals surface area contributed by atoms with Crippen molar-refractivity contribution in [3.63, 3.8) is 0 Å². The lowest BCUT2D eigenvalue weighted by atomic mass is 10.2. The molecule has 3 N–H and O–H groups in total. The number of ether oxygens (including phenoxy) is 2. The number of nitrogens with zero attached hydrogens (tertiary/aromatic N) is 1. The summed E-state index contributed by atoms with van der Waals surface area (Å²) < 4.78 is 37.6. The van der Waals surface area contributed by atoms with Crippen LogP contribution in [0.25, 0.3) is 0 Å². The van der Waals surface area contributed by atoms with Crippen molar-refractivity contribution in [3.8, 4) is 0 Å². The van der Waals surface area contributed by atoms with Crippen molar-refractivity contribution in [1.82, 2.24) is 0 Å². The van der Waals surface area contributed by atoms with Crippen LogP contribution in [-0.4, -0.2) is 52.7 Å². The van der Waals surface area contributed by atoms with E-state index in [1.807, 2.05) is 12.1 Å². The fourth-order valence-corrected chi connectivity index (χ4v) is 3.14. The number of amides is 1. The zero-order valence-corrected chi connectivity index (χ0v) is 16.5. The van der Waals surface area contributed by atoms with Crippen LogP contribution in [0.5, 0.6) is 0 Å². The molecule has 1 atom stereocenters. The minimum atomic E-state index is -4.08. The molecule has 29 heavy (non-hydrogen) atoms. The average molecular weight is 423 g/mol. The summed E-state index contributed by atoms with van der Waals surface area (Å²) in [5.74, 6) is -1.90. The monoisotopic (exact) mass is 423 g/mol. The van der Waals surface area contributed by atoms with E-state index in [9.17, 15) is 18.0 Å². The van der Waals surface area contributed by atoms with Crippen LogP contribution in [-0.2, 0) is 24.3 Å². The second-order valence-corrected chi connectivity index (χ2v) is 7.84. The van der Waals surface area contributed by atoms with Crippen molar-refractivity contribution in [2.24, 2.45) is 5.14 Å². The zero-order chi connectivity index (χ0) is 21.0. The molecule has 1 aromatic carbocycles. The number of nitrogens with one attached hydrogen (secondary N) is 1. The smallest absolute Gasteiger partial charge is 0.375 e. The zero-order valence-electron chi connectivity index (χ0n) is 15.7. The number of benzene rings is 1. The molecule has 0 saturated carbocycles. The molecule has 10 nitrogen and oxygen atoms in total. The van der Waals surface area contributed by atoms with E-state index in [2.05, 4.69) is 10.2 Å². The van der Waals surface area contributed by atoms with E-state index in [-0.39, 0.29) is 5.76 Å². The van der Waals surface area contributed by atoms with E-state index in [1.54, 1.807) is 12.1 Å². The number of sulfonamides is 1. The molecule has 1 amide bonds. The first-order valence-electron chi connectivity index (χ1n) is 8.81. The lowest BCUT2D eigenvalue weighted by Crippen LogP contribution is -2.36. The fourth-order valence-electron chi connectivity index (χ4n) is 2.68. The van der Waals surface area contributed by atoms with Gasteiger partial charge in [0.1, 0.15) is 0 Å². The Bertz CT molecular complexity index is 979. The number of morpholine rings is 1. The van der Waals surface area contributed by atoms with Crippen molar-refractivity contribution in [2.75, 3.05) is 36.5 Å². The number of rotatable bonds is 6. The maximum absolute atomic E-state index is 12.3. The fraction of sp³-hybridized carbons (Fsp3) is 0.333. The van der Waals surface area contributed by atoms with Crippen molar-refractivity contribution in [2.45, 2.75) is 18.1 Å². The van der Waals surface area contributed by atoms with Gasteiger partial charge in [0.25, 0.3) is 15.9 Å². The third kappa shape index (κ3) is 5.34. The number of primary sulfonamides is 1. The first-order valence-corrected chi connectivity index (χ1v) is 10.4. The first kappa shape index (κ1) is 20.8. The molecule has 3 rings (SSSR count). The minimum absolute atomic E-state index is 0.372. The van der Waals surface area contributed by atoms with Gasteiger partial charge >= 0.3 is 5.97 Å². The van der Waals surface area contributed by atoms with Crippen LogP contribution < -0.4 is 15.4 Å². The lowest BCUT2D eigenvalue weighted by Gasteiger charge is -2.28. The molecule has 0 aliphatic carbocycles. The molecule has 11 heteroatoms. The molecule has 0 spiro atoms. The molecular weight excluding hydrogens is 402 g/mol. The van der Waals surface area contributed by atoms with Gasteiger partial charge in [-0.2, -0.15) is 0 Å². The minimum Gasteiger partial charge on any atom is -0.447 e. The van der Waals surface area contributed by atoms with Gasteiger partial charge in [0.2, 0.25) is 10.9 Å². The van der Waals surface area contributed by atoms with Crippen molar-refractivity contribution in [1.29, 1.82) is 0 Å². The van der Waals surface area contributed by atoms with Crippen molar-refractivity contribution < 1.29 is 31.9 Å². The Morgan fingerprint density at radius 1 is 1.14 bits per heavy atom. The normalized spacial score (nSPS) is 15.6. The third-order valence-electron chi connectivity index (χ3n) is 4.23. The van der Waals surface area contributed by atoms with E-state index >= 15 is 0 Å². The van der Waals surface area contributed by atoms with Gasteiger partial charge in [-0.05, 0) is 43.3 Å². The SMILES string of the molecule is CC(OC(=O)c1ccc(S(N)(=O)=O)o1)C(=O)Nc1ccc(N2CCOCC2)cc1. The highest BCUT2D eigenvalue weighted by molar-refractivity contribution is 7.89. The Labute approximate surface area is 167 Å². The Kier molecular flexibility index (Phi) is 6.20. The predicted octanol–water partition coefficient (Wildman–Crippen LogP) is 0.948. The molecule has 1 aromatic heterocycles. The summed E-state index contributed by atoms with van der Waals surface area (Å²) in [4.78, 5) is 26.5. The van der Waals surface area contributed by atoms with E-state index in [0.29, 0.717) is 18.9 Å². The summed E-state index contributed by atoms with van der Waals surface area (Å²) in [5.41, 5.74) is 1.57. The van der Waals surface area contributed by atoms with Crippen LogP contribution >= 0.6 is 0 Å². The Morgan fingerprint density at radius 2 is 1.79 bits per heavy atom. The number of carbonyl (C=O) groups excluding carboxylic acids is 2. The van der Waals surface area contributed by atoms with Crippen LogP contribution in [0.4, 0.5) is 11.4 Å². The topological polar surface area (TPSA) is 141 Å². The number of furan rings is 1. The second-order valence-electron chi connectivity index (χ2n) is 6.35. The Morgan fingerprint density at radius 3 is 2.38 bits per heavy atom. The third-order valence-corrected chi connectivity index (χ3v) is 5.01. The first-order chi connectivity index (χ1) is 13.7. The molecule has 1 aliphatic rings. The summed E-state index contributed by atoms with van der Waals surface area (Å²) in [6, 6.07) is 9.42. The number of nitrogens with two attached hydrogens (primary N) is 1. The summed E-state index contributed by atoms with van der Waals surface area (Å²) >= 11 is 0. The number of esters is 1. The van der Waals surface area contributed by atoms with E-state index in [1.165, 1.54) is 6.92 Å². The van der Waals surface area contributed by atoms with Crippen LogP contribution in [0.3, 0.4) is 0 Å². The summed E-state index contributed by atoms with van der Waals surface area (Å²) in [5, 5.41) is 7.00. The maximum atomic E-state index is 12.3. The number of hydrogen-bond donors (Lipinski definition) is 2. The number of carbonyl (C=O) groups is 2. The molecule has 0 bridgehead atoms.